The lowest BCUT2D eigenvalue weighted by molar-refractivity contribution is -0.384. The first-order chi connectivity index (χ1) is 14.3. The number of rotatable bonds is 5. The highest BCUT2D eigenvalue weighted by molar-refractivity contribution is 5.86. The van der Waals surface area contributed by atoms with Gasteiger partial charge in [0.25, 0.3) is 5.69 Å². The molecule has 1 fully saturated rings. The quantitative estimate of drug-likeness (QED) is 0.461. The monoisotopic (exact) mass is 416 g/mol. The topological polar surface area (TPSA) is 63.8 Å². The van der Waals surface area contributed by atoms with Crippen LogP contribution < -0.4 is 9.64 Å². The van der Waals surface area contributed by atoms with E-state index in [1.165, 1.54) is 12.1 Å². The Morgan fingerprint density at radius 3 is 2.50 bits per heavy atom. The minimum atomic E-state index is -3.05. The maximum atomic E-state index is 13.2. The van der Waals surface area contributed by atoms with Gasteiger partial charge in [0, 0.05) is 49.9 Å². The zero-order valence-corrected chi connectivity index (χ0v) is 16.7. The van der Waals surface area contributed by atoms with Crippen molar-refractivity contribution in [1.29, 1.82) is 0 Å². The molecule has 1 aliphatic heterocycles. The normalized spacial score (nSPS) is 15.2. The van der Waals surface area contributed by atoms with Crippen LogP contribution in [0.3, 0.4) is 0 Å². The number of nitro benzene ring substituents is 1. The molecule has 7 nitrogen and oxygen atoms in total. The van der Waals surface area contributed by atoms with Crippen molar-refractivity contribution in [3.63, 3.8) is 0 Å². The van der Waals surface area contributed by atoms with Crippen LogP contribution in [0.1, 0.15) is 5.56 Å². The first kappa shape index (κ1) is 20.1. The number of benzene rings is 2. The second-order valence-corrected chi connectivity index (χ2v) is 7.43. The Hall–Kier alpha value is -3.20. The third kappa shape index (κ3) is 3.68. The van der Waals surface area contributed by atoms with Crippen LogP contribution in [0.25, 0.3) is 16.6 Å². The Morgan fingerprint density at radius 2 is 1.83 bits per heavy atom. The van der Waals surface area contributed by atoms with Gasteiger partial charge in [0.2, 0.25) is 0 Å². The number of nitrogens with zero attached hydrogens (tertiary/aromatic N) is 4. The second kappa shape index (κ2) is 7.91. The van der Waals surface area contributed by atoms with E-state index in [-0.39, 0.29) is 17.1 Å². The van der Waals surface area contributed by atoms with Gasteiger partial charge in [-0.2, -0.15) is 8.78 Å². The molecule has 1 aromatic heterocycles. The lowest BCUT2D eigenvalue weighted by atomic mass is 10.1. The Balaban J connectivity index is 1.90. The van der Waals surface area contributed by atoms with Crippen LogP contribution in [0.2, 0.25) is 0 Å². The summed E-state index contributed by atoms with van der Waals surface area (Å²) >= 11 is 0. The number of fused-ring (bicyclic) bond motifs is 1. The van der Waals surface area contributed by atoms with Crippen molar-refractivity contribution in [3.05, 3.63) is 58.3 Å². The Labute approximate surface area is 172 Å². The Morgan fingerprint density at radius 1 is 1.10 bits per heavy atom. The van der Waals surface area contributed by atoms with E-state index in [0.29, 0.717) is 18.8 Å². The highest BCUT2D eigenvalue weighted by atomic mass is 19.3. The Kier molecular flexibility index (Phi) is 5.29. The van der Waals surface area contributed by atoms with E-state index < -0.39 is 11.5 Å². The summed E-state index contributed by atoms with van der Waals surface area (Å²) in [5.41, 5.74) is 2.15. The summed E-state index contributed by atoms with van der Waals surface area (Å²) in [6, 6.07) is 10.2. The number of piperazine rings is 1. The number of hydrogen-bond donors (Lipinski definition) is 0. The molecule has 0 aliphatic carbocycles. The van der Waals surface area contributed by atoms with Gasteiger partial charge in [-0.3, -0.25) is 10.1 Å². The van der Waals surface area contributed by atoms with E-state index in [2.05, 4.69) is 4.90 Å². The molecule has 2 heterocycles. The molecule has 2 aromatic carbocycles. The van der Waals surface area contributed by atoms with E-state index >= 15 is 0 Å². The van der Waals surface area contributed by atoms with E-state index in [1.54, 1.807) is 10.8 Å². The number of likely N-dealkylation sites (N-methyl/N-ethyl adjacent to an activating group) is 1. The largest absolute Gasteiger partial charge is 0.432 e. The van der Waals surface area contributed by atoms with Crippen molar-refractivity contribution >= 4 is 22.3 Å². The fourth-order valence-corrected chi connectivity index (χ4v) is 3.90. The molecule has 0 atom stereocenters. The molecule has 0 bridgehead atoms. The fourth-order valence-electron chi connectivity index (χ4n) is 3.90. The van der Waals surface area contributed by atoms with E-state index in [0.717, 1.165) is 29.6 Å². The molecule has 4 rings (SSSR count). The van der Waals surface area contributed by atoms with Gasteiger partial charge in [-0.15, -0.1) is 0 Å². The maximum Gasteiger partial charge on any atom is 0.387 e. The molecule has 0 spiro atoms. The fraction of sp³-hybridized carbons (Fsp3) is 0.333. The molecular formula is C21H22F2N4O3. The molecule has 30 heavy (non-hydrogen) atoms. The molecule has 0 saturated carbocycles. The van der Waals surface area contributed by atoms with Crippen LogP contribution in [0.4, 0.5) is 20.2 Å². The molecule has 1 saturated heterocycles. The van der Waals surface area contributed by atoms with Crippen molar-refractivity contribution in [1.82, 2.24) is 9.47 Å². The maximum absolute atomic E-state index is 13.2. The number of aryl methyl sites for hydroxylation is 1. The van der Waals surface area contributed by atoms with Crippen LogP contribution in [0, 0.1) is 17.0 Å². The average Bonchev–Trinajstić information content (AvgIpc) is 3.13. The molecule has 0 radical (unpaired) electrons. The SMILES string of the molecule is Cc1cccc2c1ccn2-c1cc([N+](=O)[O-])c(N2CCN(C)CC2)cc1OC(F)F. The smallest absolute Gasteiger partial charge is 0.387 e. The molecule has 9 heteroatoms. The van der Waals surface area contributed by atoms with Gasteiger partial charge in [0.1, 0.15) is 5.69 Å². The lowest BCUT2D eigenvalue weighted by Crippen LogP contribution is -2.44. The number of ether oxygens (including phenoxy) is 1. The molecule has 158 valence electrons. The van der Waals surface area contributed by atoms with Gasteiger partial charge in [0.05, 0.1) is 16.1 Å². The van der Waals surface area contributed by atoms with Gasteiger partial charge in [-0.05, 0) is 31.7 Å². The average molecular weight is 416 g/mol. The summed E-state index contributed by atoms with van der Waals surface area (Å²) in [6.45, 7) is 1.49. The van der Waals surface area contributed by atoms with Crippen LogP contribution in [0.5, 0.6) is 5.75 Å². The van der Waals surface area contributed by atoms with E-state index in [4.69, 9.17) is 4.74 Å². The van der Waals surface area contributed by atoms with Crippen molar-refractivity contribution in [2.75, 3.05) is 38.1 Å². The van der Waals surface area contributed by atoms with E-state index in [1.807, 2.05) is 43.1 Å². The number of anilines is 1. The predicted molar refractivity (Wildman–Crippen MR) is 111 cm³/mol. The van der Waals surface area contributed by atoms with Gasteiger partial charge >= 0.3 is 6.61 Å². The number of halogens is 2. The number of nitro groups is 1. The zero-order chi connectivity index (χ0) is 21.4. The summed E-state index contributed by atoms with van der Waals surface area (Å²) in [6.07, 6.45) is 1.71. The van der Waals surface area contributed by atoms with Crippen molar-refractivity contribution in [3.8, 4) is 11.4 Å². The predicted octanol–water partition coefficient (Wildman–Crippen LogP) is 4.20. The molecule has 0 N–H and O–H groups in total. The first-order valence-corrected chi connectivity index (χ1v) is 9.63. The van der Waals surface area contributed by atoms with Gasteiger partial charge < -0.3 is 19.1 Å². The molecule has 1 aliphatic rings. The highest BCUT2D eigenvalue weighted by Crippen LogP contribution is 2.39. The van der Waals surface area contributed by atoms with Crippen molar-refractivity contribution in [2.45, 2.75) is 13.5 Å². The summed E-state index contributed by atoms with van der Waals surface area (Å²) < 4.78 is 32.9. The van der Waals surface area contributed by atoms with Crippen molar-refractivity contribution < 1.29 is 18.4 Å². The third-order valence-electron chi connectivity index (χ3n) is 5.52. The minimum Gasteiger partial charge on any atom is -0.432 e. The highest BCUT2D eigenvalue weighted by Gasteiger charge is 2.27. The zero-order valence-electron chi connectivity index (χ0n) is 16.7. The van der Waals surface area contributed by atoms with Crippen LogP contribution in [-0.4, -0.2) is 54.2 Å². The molecule has 0 amide bonds. The summed E-state index contributed by atoms with van der Waals surface area (Å²) in [5.74, 6) is -0.0939. The third-order valence-corrected chi connectivity index (χ3v) is 5.52. The van der Waals surface area contributed by atoms with Crippen molar-refractivity contribution in [2.24, 2.45) is 0 Å². The van der Waals surface area contributed by atoms with Gasteiger partial charge in [-0.1, -0.05) is 12.1 Å². The van der Waals surface area contributed by atoms with Gasteiger partial charge in [-0.25, -0.2) is 0 Å². The van der Waals surface area contributed by atoms with Gasteiger partial charge in [0.15, 0.2) is 5.75 Å². The molecule has 3 aromatic rings. The Bertz CT molecular complexity index is 1090. The standard InChI is InChI=1S/C21H22F2N4O3/c1-14-4-3-5-16-15(14)6-7-26(16)19-12-18(27(28)29)17(13-20(19)30-21(22)23)25-10-8-24(2)9-11-25/h3-7,12-13,21H,8-11H2,1-2H3. The molecule has 0 unspecified atom stereocenters. The molecular weight excluding hydrogens is 394 g/mol. The van der Waals surface area contributed by atoms with E-state index in [9.17, 15) is 18.9 Å². The summed E-state index contributed by atoms with van der Waals surface area (Å²) in [7, 11) is 1.97. The second-order valence-electron chi connectivity index (χ2n) is 7.43. The number of alkyl halides is 2. The van der Waals surface area contributed by atoms with Crippen LogP contribution in [0.15, 0.2) is 42.6 Å². The first-order valence-electron chi connectivity index (χ1n) is 9.63. The number of aromatic nitrogens is 1. The minimum absolute atomic E-state index is 0.0939. The van der Waals surface area contributed by atoms with Crippen LogP contribution >= 0.6 is 0 Å². The number of hydrogen-bond acceptors (Lipinski definition) is 5. The lowest BCUT2D eigenvalue weighted by Gasteiger charge is -2.34. The summed E-state index contributed by atoms with van der Waals surface area (Å²) in [5, 5.41) is 12.8. The van der Waals surface area contributed by atoms with Crippen LogP contribution in [-0.2, 0) is 0 Å². The summed E-state index contributed by atoms with van der Waals surface area (Å²) in [4.78, 5) is 15.4.